The van der Waals surface area contributed by atoms with Crippen LogP contribution in [0.2, 0.25) is 0 Å². The quantitative estimate of drug-likeness (QED) is 0.391. The Labute approximate surface area is 188 Å². The number of aromatic nitrogens is 3. The number of carbonyl (C=O) groups is 1. The summed E-state index contributed by atoms with van der Waals surface area (Å²) in [5.41, 5.74) is 2.53. The summed E-state index contributed by atoms with van der Waals surface area (Å²) in [6, 6.07) is 5.74. The molecule has 3 aromatic rings. The van der Waals surface area contributed by atoms with Crippen molar-refractivity contribution in [1.29, 1.82) is 0 Å². The number of hydrogen-bond acceptors (Lipinski definition) is 3. The fourth-order valence-corrected chi connectivity index (χ4v) is 4.27. The maximum atomic E-state index is 13.3. The first kappa shape index (κ1) is 24.1. The van der Waals surface area contributed by atoms with E-state index in [0.717, 1.165) is 23.4 Å². The van der Waals surface area contributed by atoms with Crippen molar-refractivity contribution in [3.05, 3.63) is 60.2 Å². The second-order valence-electron chi connectivity index (χ2n) is 7.47. The molecule has 3 heterocycles. The van der Waals surface area contributed by atoms with Crippen molar-refractivity contribution in [3.8, 4) is 11.1 Å². The molecule has 1 atom stereocenters. The lowest BCUT2D eigenvalue weighted by molar-refractivity contribution is 0.0954. The highest BCUT2D eigenvalue weighted by atomic mass is 32.5. The first-order valence-electron chi connectivity index (χ1n) is 9.47. The molecule has 1 aliphatic heterocycles. The Morgan fingerprint density at radius 2 is 1.75 bits per heavy atom. The van der Waals surface area contributed by atoms with Crippen LogP contribution in [0.1, 0.15) is 36.1 Å². The van der Waals surface area contributed by atoms with Gasteiger partial charge in [-0.25, -0.2) is 0 Å². The third-order valence-electron chi connectivity index (χ3n) is 5.19. The molecule has 12 heteroatoms. The lowest BCUT2D eigenvalue weighted by Crippen LogP contribution is -2.42. The summed E-state index contributed by atoms with van der Waals surface area (Å²) in [5.74, 6) is -0.472. The highest BCUT2D eigenvalue weighted by Gasteiger charge is 2.65. The van der Waals surface area contributed by atoms with Crippen LogP contribution in [0.5, 0.6) is 0 Å². The molecule has 4 rings (SSSR count). The van der Waals surface area contributed by atoms with E-state index in [1.54, 1.807) is 23.1 Å². The minimum absolute atomic E-state index is 0. The lowest BCUT2D eigenvalue weighted by atomic mass is 10.0. The van der Waals surface area contributed by atoms with Gasteiger partial charge in [0.15, 0.2) is 0 Å². The van der Waals surface area contributed by atoms with Crippen molar-refractivity contribution in [2.24, 2.45) is 0 Å². The van der Waals surface area contributed by atoms with E-state index in [1.807, 2.05) is 19.9 Å². The molecule has 0 N–H and O–H groups in total. The second kappa shape index (κ2) is 7.20. The maximum Gasteiger partial charge on any atom is 0.310 e. The van der Waals surface area contributed by atoms with Crippen molar-refractivity contribution < 1.29 is 24.2 Å². The molecule has 174 valence electrons. The van der Waals surface area contributed by atoms with E-state index in [0.29, 0.717) is 24.1 Å². The average molecular weight is 493 g/mol. The van der Waals surface area contributed by atoms with E-state index < -0.39 is 21.0 Å². The van der Waals surface area contributed by atoms with Gasteiger partial charge in [0.05, 0.1) is 12.2 Å². The normalized spacial score (nSPS) is 18.4. The number of anilines is 1. The summed E-state index contributed by atoms with van der Waals surface area (Å²) in [4.78, 5) is 16.8. The highest BCUT2D eigenvalue weighted by molar-refractivity contribution is 8.45. The van der Waals surface area contributed by atoms with Crippen LogP contribution in [0.4, 0.5) is 25.1 Å². The predicted octanol–water partition coefficient (Wildman–Crippen LogP) is 6.50. The molecule has 0 bridgehead atoms. The molecule has 2 aromatic heterocycles. The molecule has 0 saturated carbocycles. The molecule has 0 spiro atoms. The first-order chi connectivity index (χ1) is 14.3. The number of fused-ring (bicyclic) bond motifs is 1. The van der Waals surface area contributed by atoms with Crippen molar-refractivity contribution in [1.82, 2.24) is 14.8 Å². The minimum atomic E-state index is -9.78. The molecule has 5 nitrogen and oxygen atoms in total. The molecule has 1 amide bonds. The number of halogens is 5. The van der Waals surface area contributed by atoms with Crippen LogP contribution in [0.15, 0.2) is 53.7 Å². The van der Waals surface area contributed by atoms with Crippen molar-refractivity contribution >= 4 is 35.3 Å². The SMILES string of the molecule is CCc1cc(-c2cnn3c2C(=O)N(c2ccc(S(F)(F)(F)(F)F)cc2)C[C@@H]3C)ccn1.S. The van der Waals surface area contributed by atoms with E-state index in [9.17, 15) is 24.2 Å². The summed E-state index contributed by atoms with van der Waals surface area (Å²) in [6.45, 7) is 3.90. The number of benzene rings is 1. The minimum Gasteiger partial charge on any atom is -0.305 e. The Balaban J connectivity index is 0.00000289. The van der Waals surface area contributed by atoms with Gasteiger partial charge in [0.1, 0.15) is 10.6 Å². The molecule has 1 aliphatic rings. The van der Waals surface area contributed by atoms with Crippen LogP contribution in [0, 0.1) is 0 Å². The van der Waals surface area contributed by atoms with Crippen LogP contribution in [0.25, 0.3) is 11.1 Å². The Hall–Kier alpha value is -2.60. The van der Waals surface area contributed by atoms with Crippen LogP contribution in [-0.4, -0.2) is 27.2 Å². The molecular formula is C20H21F5N4OS2. The molecule has 0 aliphatic carbocycles. The Kier molecular flexibility index (Phi) is 5.41. The van der Waals surface area contributed by atoms with Gasteiger partial charge in [-0.1, -0.05) is 26.4 Å². The van der Waals surface area contributed by atoms with Gasteiger partial charge in [0.2, 0.25) is 0 Å². The second-order valence-corrected chi connectivity index (χ2v) is 9.88. The van der Waals surface area contributed by atoms with E-state index in [4.69, 9.17) is 0 Å². The van der Waals surface area contributed by atoms with Crippen molar-refractivity contribution in [2.75, 3.05) is 11.4 Å². The van der Waals surface area contributed by atoms with Crippen LogP contribution in [-0.2, 0) is 6.42 Å². The van der Waals surface area contributed by atoms with Gasteiger partial charge in [-0.3, -0.25) is 14.5 Å². The zero-order valence-corrected chi connectivity index (χ0v) is 18.9. The van der Waals surface area contributed by atoms with Gasteiger partial charge in [-0.15, -0.1) is 0 Å². The number of hydrogen-bond donors (Lipinski definition) is 0. The zero-order valence-electron chi connectivity index (χ0n) is 17.1. The van der Waals surface area contributed by atoms with Crippen LogP contribution in [0.3, 0.4) is 0 Å². The number of rotatable bonds is 4. The highest BCUT2D eigenvalue weighted by Crippen LogP contribution is 3.02. The number of nitrogens with zero attached hydrogens (tertiary/aromatic N) is 4. The predicted molar refractivity (Wildman–Crippen MR) is 119 cm³/mol. The fraction of sp³-hybridized carbons (Fsp3) is 0.250. The number of amides is 1. The summed E-state index contributed by atoms with van der Waals surface area (Å²) < 4.78 is 66.7. The topological polar surface area (TPSA) is 51.0 Å². The Morgan fingerprint density at radius 3 is 2.34 bits per heavy atom. The average Bonchev–Trinajstić information content (AvgIpc) is 3.15. The molecule has 0 radical (unpaired) electrons. The molecule has 0 unspecified atom stereocenters. The van der Waals surface area contributed by atoms with E-state index >= 15 is 0 Å². The smallest absolute Gasteiger partial charge is 0.305 e. The fourth-order valence-electron chi connectivity index (χ4n) is 3.62. The molecule has 1 aromatic carbocycles. The van der Waals surface area contributed by atoms with Gasteiger partial charge in [-0.2, -0.15) is 18.6 Å². The monoisotopic (exact) mass is 492 g/mol. The number of aryl methyl sites for hydroxylation is 1. The van der Waals surface area contributed by atoms with Crippen molar-refractivity contribution in [3.63, 3.8) is 0 Å². The summed E-state index contributed by atoms with van der Waals surface area (Å²) in [6.07, 6.45) is 3.90. The van der Waals surface area contributed by atoms with Gasteiger partial charge in [0.25, 0.3) is 5.91 Å². The Bertz CT molecular complexity index is 1180. The number of carbonyl (C=O) groups excluding carboxylic acids is 1. The number of pyridine rings is 1. The summed E-state index contributed by atoms with van der Waals surface area (Å²) >= 11 is 0. The van der Waals surface area contributed by atoms with Crippen molar-refractivity contribution in [2.45, 2.75) is 31.2 Å². The first-order valence-corrected chi connectivity index (χ1v) is 11.4. The largest absolute Gasteiger partial charge is 0.310 e. The van der Waals surface area contributed by atoms with E-state index in [-0.39, 0.29) is 37.5 Å². The molecule has 0 saturated heterocycles. The standard InChI is InChI=1S/C20H19F5N4OS.H2S/c1-3-15-10-14(8-9-26-15)18-11-27-29-13(2)12-28(20(30)19(18)29)16-4-6-17(7-5-16)31(21,22,23,24)25;/h4-11,13H,3,12H2,1-2H3;1H2/t13-;/m0./s1. The zero-order chi connectivity index (χ0) is 22.7. The molecule has 32 heavy (non-hydrogen) atoms. The van der Waals surface area contributed by atoms with Gasteiger partial charge < -0.3 is 4.90 Å². The summed E-state index contributed by atoms with van der Waals surface area (Å²) in [7, 11) is -9.78. The molecular weight excluding hydrogens is 471 g/mol. The van der Waals surface area contributed by atoms with E-state index in [2.05, 4.69) is 10.1 Å². The third kappa shape index (κ3) is 4.33. The van der Waals surface area contributed by atoms with Crippen LogP contribution < -0.4 is 4.90 Å². The third-order valence-corrected chi connectivity index (χ3v) is 6.35. The summed E-state index contributed by atoms with van der Waals surface area (Å²) in [5, 5.41) is 4.32. The van der Waals surface area contributed by atoms with Gasteiger partial charge in [-0.05, 0) is 55.3 Å². The van der Waals surface area contributed by atoms with E-state index in [1.165, 1.54) is 4.90 Å². The van der Waals surface area contributed by atoms with Gasteiger partial charge >= 0.3 is 10.2 Å². The Morgan fingerprint density at radius 1 is 1.09 bits per heavy atom. The lowest BCUT2D eigenvalue weighted by Gasteiger charge is -2.40. The molecule has 0 fully saturated rings. The van der Waals surface area contributed by atoms with Gasteiger partial charge in [0, 0.05) is 29.7 Å². The maximum absolute atomic E-state index is 13.3. The van der Waals surface area contributed by atoms with Crippen LogP contribution >= 0.6 is 23.7 Å².